The standard InChI is InChI=1S/C8H9BrO2/c1-2-3-6(10)7-4-5-8(9)11-7/h2,4-6,10H,1,3H2. The fourth-order valence-corrected chi connectivity index (χ4v) is 1.10. The van der Waals surface area contributed by atoms with Crippen LogP contribution in [0.5, 0.6) is 0 Å². The van der Waals surface area contributed by atoms with Gasteiger partial charge in [0.1, 0.15) is 11.9 Å². The van der Waals surface area contributed by atoms with E-state index >= 15 is 0 Å². The van der Waals surface area contributed by atoms with Crippen molar-refractivity contribution in [3.63, 3.8) is 0 Å². The van der Waals surface area contributed by atoms with E-state index in [2.05, 4.69) is 22.5 Å². The van der Waals surface area contributed by atoms with Gasteiger partial charge in [-0.1, -0.05) is 6.08 Å². The van der Waals surface area contributed by atoms with E-state index in [9.17, 15) is 5.11 Å². The largest absolute Gasteiger partial charge is 0.452 e. The third kappa shape index (κ3) is 2.20. The molecule has 0 fully saturated rings. The molecule has 1 rings (SSSR count). The molecule has 0 saturated heterocycles. The van der Waals surface area contributed by atoms with E-state index in [0.717, 1.165) is 0 Å². The van der Waals surface area contributed by atoms with Crippen LogP contribution in [0.4, 0.5) is 0 Å². The Labute approximate surface area is 73.7 Å². The molecule has 0 spiro atoms. The maximum Gasteiger partial charge on any atom is 0.169 e. The zero-order chi connectivity index (χ0) is 8.27. The van der Waals surface area contributed by atoms with E-state index in [1.807, 2.05) is 0 Å². The number of furan rings is 1. The van der Waals surface area contributed by atoms with Crippen molar-refractivity contribution >= 4 is 15.9 Å². The SMILES string of the molecule is C=CCC(O)c1ccc(Br)o1. The molecule has 2 nitrogen and oxygen atoms in total. The number of hydrogen-bond donors (Lipinski definition) is 1. The lowest BCUT2D eigenvalue weighted by molar-refractivity contribution is 0.151. The van der Waals surface area contributed by atoms with Crippen LogP contribution in [0.1, 0.15) is 18.3 Å². The van der Waals surface area contributed by atoms with Gasteiger partial charge in [0.2, 0.25) is 0 Å². The zero-order valence-electron chi connectivity index (χ0n) is 5.96. The minimum atomic E-state index is -0.571. The second-order valence-corrected chi connectivity index (χ2v) is 2.96. The van der Waals surface area contributed by atoms with Crippen LogP contribution in [0.2, 0.25) is 0 Å². The summed E-state index contributed by atoms with van der Waals surface area (Å²) in [5, 5.41) is 9.35. The highest BCUT2D eigenvalue weighted by Gasteiger charge is 2.08. The van der Waals surface area contributed by atoms with Gasteiger partial charge in [0, 0.05) is 0 Å². The van der Waals surface area contributed by atoms with E-state index in [0.29, 0.717) is 16.9 Å². The maximum atomic E-state index is 9.35. The van der Waals surface area contributed by atoms with Crippen LogP contribution in [0, 0.1) is 0 Å². The van der Waals surface area contributed by atoms with Crippen molar-refractivity contribution in [3.05, 3.63) is 35.2 Å². The lowest BCUT2D eigenvalue weighted by Gasteiger charge is -2.01. The first-order valence-corrected chi connectivity index (χ1v) is 4.07. The molecule has 1 N–H and O–H groups in total. The van der Waals surface area contributed by atoms with Gasteiger partial charge in [-0.05, 0) is 34.5 Å². The maximum absolute atomic E-state index is 9.35. The summed E-state index contributed by atoms with van der Waals surface area (Å²) in [5.74, 6) is 0.566. The van der Waals surface area contributed by atoms with Gasteiger partial charge in [0.05, 0.1) is 0 Å². The molecule has 0 aromatic carbocycles. The van der Waals surface area contributed by atoms with Crippen molar-refractivity contribution in [2.24, 2.45) is 0 Å². The molecule has 0 amide bonds. The first-order valence-electron chi connectivity index (χ1n) is 3.28. The first kappa shape index (κ1) is 8.56. The second kappa shape index (κ2) is 3.74. The first-order chi connectivity index (χ1) is 5.24. The molecule has 0 bridgehead atoms. The summed E-state index contributed by atoms with van der Waals surface area (Å²) in [7, 11) is 0. The molecule has 0 radical (unpaired) electrons. The average molecular weight is 217 g/mol. The molecule has 1 heterocycles. The second-order valence-electron chi connectivity index (χ2n) is 2.18. The van der Waals surface area contributed by atoms with Gasteiger partial charge in [0.15, 0.2) is 4.67 Å². The van der Waals surface area contributed by atoms with Crippen molar-refractivity contribution < 1.29 is 9.52 Å². The molecule has 60 valence electrons. The van der Waals surface area contributed by atoms with Gasteiger partial charge < -0.3 is 9.52 Å². The van der Waals surface area contributed by atoms with E-state index in [1.165, 1.54) is 0 Å². The lowest BCUT2D eigenvalue weighted by atomic mass is 10.2. The summed E-state index contributed by atoms with van der Waals surface area (Å²) in [6.45, 7) is 3.52. The Morgan fingerprint density at radius 1 is 1.73 bits per heavy atom. The van der Waals surface area contributed by atoms with Gasteiger partial charge in [-0.3, -0.25) is 0 Å². The van der Waals surface area contributed by atoms with Gasteiger partial charge in [0.25, 0.3) is 0 Å². The molecule has 1 aromatic heterocycles. The number of halogens is 1. The monoisotopic (exact) mass is 216 g/mol. The molecule has 1 unspecified atom stereocenters. The van der Waals surface area contributed by atoms with Crippen LogP contribution in [0.25, 0.3) is 0 Å². The van der Waals surface area contributed by atoms with Crippen LogP contribution in [-0.2, 0) is 0 Å². The van der Waals surface area contributed by atoms with E-state index in [1.54, 1.807) is 18.2 Å². The minimum absolute atomic E-state index is 0.514. The minimum Gasteiger partial charge on any atom is -0.452 e. The molecule has 1 atom stereocenters. The fraction of sp³-hybridized carbons (Fsp3) is 0.250. The summed E-state index contributed by atoms with van der Waals surface area (Å²) in [4.78, 5) is 0. The molecule has 0 aliphatic heterocycles. The summed E-state index contributed by atoms with van der Waals surface area (Å²) in [6.07, 6.45) is 1.60. The van der Waals surface area contributed by atoms with Crippen molar-refractivity contribution in [1.29, 1.82) is 0 Å². The third-order valence-corrected chi connectivity index (χ3v) is 1.74. The molecule has 0 aliphatic carbocycles. The van der Waals surface area contributed by atoms with Crippen LogP contribution in [0.15, 0.2) is 33.9 Å². The van der Waals surface area contributed by atoms with Crippen molar-refractivity contribution in [1.82, 2.24) is 0 Å². The number of aliphatic hydroxyl groups excluding tert-OH is 1. The fourth-order valence-electron chi connectivity index (χ4n) is 0.781. The number of rotatable bonds is 3. The molecular weight excluding hydrogens is 208 g/mol. The number of aliphatic hydroxyl groups is 1. The molecule has 0 saturated carbocycles. The Hall–Kier alpha value is -0.540. The Bertz CT molecular complexity index is 242. The van der Waals surface area contributed by atoms with Crippen LogP contribution < -0.4 is 0 Å². The quantitative estimate of drug-likeness (QED) is 0.789. The summed E-state index contributed by atoms with van der Waals surface area (Å²) in [6, 6.07) is 3.49. The summed E-state index contributed by atoms with van der Waals surface area (Å²) < 4.78 is 5.75. The Morgan fingerprint density at radius 2 is 2.45 bits per heavy atom. The highest BCUT2D eigenvalue weighted by molar-refractivity contribution is 9.10. The molecule has 1 aromatic rings. The van der Waals surface area contributed by atoms with Gasteiger partial charge in [-0.15, -0.1) is 6.58 Å². The van der Waals surface area contributed by atoms with Crippen LogP contribution >= 0.6 is 15.9 Å². The van der Waals surface area contributed by atoms with Crippen molar-refractivity contribution in [2.75, 3.05) is 0 Å². The highest BCUT2D eigenvalue weighted by atomic mass is 79.9. The van der Waals surface area contributed by atoms with Gasteiger partial charge >= 0.3 is 0 Å². The normalized spacial score (nSPS) is 12.9. The smallest absolute Gasteiger partial charge is 0.169 e. The predicted molar refractivity (Wildman–Crippen MR) is 46.2 cm³/mol. The topological polar surface area (TPSA) is 33.4 Å². The predicted octanol–water partition coefficient (Wildman–Crippen LogP) is 2.65. The van der Waals surface area contributed by atoms with E-state index in [-0.39, 0.29) is 0 Å². The van der Waals surface area contributed by atoms with E-state index < -0.39 is 6.10 Å². The summed E-state index contributed by atoms with van der Waals surface area (Å²) in [5.41, 5.74) is 0. The average Bonchev–Trinajstić information content (AvgIpc) is 2.36. The lowest BCUT2D eigenvalue weighted by Crippen LogP contribution is -1.91. The zero-order valence-corrected chi connectivity index (χ0v) is 7.54. The van der Waals surface area contributed by atoms with Gasteiger partial charge in [-0.25, -0.2) is 0 Å². The molecule has 0 aliphatic rings. The molecule has 3 heteroatoms. The van der Waals surface area contributed by atoms with Crippen LogP contribution in [0.3, 0.4) is 0 Å². The van der Waals surface area contributed by atoms with Gasteiger partial charge in [-0.2, -0.15) is 0 Å². The molecular formula is C8H9BrO2. The Kier molecular flexibility index (Phi) is 2.91. The Balaban J connectivity index is 2.67. The summed E-state index contributed by atoms with van der Waals surface area (Å²) >= 11 is 3.15. The van der Waals surface area contributed by atoms with E-state index in [4.69, 9.17) is 4.42 Å². The van der Waals surface area contributed by atoms with Crippen molar-refractivity contribution in [3.8, 4) is 0 Å². The Morgan fingerprint density at radius 3 is 2.91 bits per heavy atom. The highest BCUT2D eigenvalue weighted by Crippen LogP contribution is 2.22. The number of hydrogen-bond acceptors (Lipinski definition) is 2. The molecule has 11 heavy (non-hydrogen) atoms. The van der Waals surface area contributed by atoms with Crippen molar-refractivity contribution in [2.45, 2.75) is 12.5 Å². The third-order valence-electron chi connectivity index (χ3n) is 1.31. The van der Waals surface area contributed by atoms with Crippen LogP contribution in [-0.4, -0.2) is 5.11 Å².